The second-order valence-electron chi connectivity index (χ2n) is 4.20. The summed E-state index contributed by atoms with van der Waals surface area (Å²) in [6.45, 7) is -0.330. The van der Waals surface area contributed by atoms with Crippen LogP contribution in [0.1, 0.15) is 17.0 Å². The van der Waals surface area contributed by atoms with Gasteiger partial charge in [-0.05, 0) is 11.6 Å². The first-order chi connectivity index (χ1) is 9.38. The van der Waals surface area contributed by atoms with E-state index in [9.17, 15) is 18.0 Å². The van der Waals surface area contributed by atoms with E-state index in [1.54, 1.807) is 0 Å². The lowest BCUT2D eigenvalue weighted by atomic mass is 10.0. The molecule has 0 spiro atoms. The highest BCUT2D eigenvalue weighted by Crippen LogP contribution is 2.32. The third-order valence-corrected chi connectivity index (χ3v) is 2.78. The van der Waals surface area contributed by atoms with Crippen LogP contribution >= 0.6 is 0 Å². The fraction of sp³-hybridized carbons (Fsp3) is 0.231. The van der Waals surface area contributed by atoms with E-state index in [0.717, 1.165) is 6.07 Å². The van der Waals surface area contributed by atoms with Crippen LogP contribution in [0.4, 0.5) is 13.2 Å². The van der Waals surface area contributed by atoms with Crippen LogP contribution < -0.4 is 0 Å². The molecule has 20 heavy (non-hydrogen) atoms. The van der Waals surface area contributed by atoms with E-state index in [2.05, 4.69) is 4.98 Å². The molecule has 0 fully saturated rings. The number of carboxylic acids is 1. The summed E-state index contributed by atoms with van der Waals surface area (Å²) in [7, 11) is 0. The summed E-state index contributed by atoms with van der Waals surface area (Å²) in [4.78, 5) is 14.6. The molecule has 0 radical (unpaired) electrons. The zero-order valence-corrected chi connectivity index (χ0v) is 10.3. The first-order valence-electron chi connectivity index (χ1n) is 5.75. The summed E-state index contributed by atoms with van der Waals surface area (Å²) in [6, 6.07) is 5.19. The number of imidazole rings is 1. The Labute approximate surface area is 112 Å². The van der Waals surface area contributed by atoms with Gasteiger partial charge in [0.15, 0.2) is 0 Å². The van der Waals surface area contributed by atoms with Crippen LogP contribution in [0.25, 0.3) is 0 Å². The number of benzene rings is 1. The van der Waals surface area contributed by atoms with Crippen molar-refractivity contribution in [2.75, 3.05) is 0 Å². The molecule has 0 saturated heterocycles. The van der Waals surface area contributed by atoms with Gasteiger partial charge in [-0.3, -0.25) is 4.79 Å². The van der Waals surface area contributed by atoms with Crippen molar-refractivity contribution in [1.82, 2.24) is 9.55 Å². The summed E-state index contributed by atoms with van der Waals surface area (Å²) >= 11 is 0. The fourth-order valence-electron chi connectivity index (χ4n) is 1.92. The smallest absolute Gasteiger partial charge is 0.416 e. The number of aliphatic carboxylic acids is 1. The molecule has 2 aromatic rings. The van der Waals surface area contributed by atoms with E-state index in [1.807, 2.05) is 0 Å². The van der Waals surface area contributed by atoms with Crippen LogP contribution in [0.15, 0.2) is 36.7 Å². The van der Waals surface area contributed by atoms with Crippen LogP contribution in [0.2, 0.25) is 0 Å². The molecule has 0 bridgehead atoms. The van der Waals surface area contributed by atoms with E-state index < -0.39 is 17.7 Å². The minimum Gasteiger partial charge on any atom is -0.480 e. The molecule has 4 nitrogen and oxygen atoms in total. The second-order valence-corrected chi connectivity index (χ2v) is 4.20. The molecule has 1 aromatic heterocycles. The molecule has 0 aliphatic heterocycles. The van der Waals surface area contributed by atoms with Gasteiger partial charge in [0, 0.05) is 18.8 Å². The van der Waals surface area contributed by atoms with Gasteiger partial charge in [-0.15, -0.1) is 0 Å². The molecule has 0 aliphatic rings. The maximum absolute atomic E-state index is 12.9. The lowest BCUT2D eigenvalue weighted by molar-refractivity contribution is -0.139. The number of alkyl halides is 3. The quantitative estimate of drug-likeness (QED) is 0.938. The van der Waals surface area contributed by atoms with Crippen molar-refractivity contribution in [3.63, 3.8) is 0 Å². The molecule has 0 unspecified atom stereocenters. The minimum absolute atomic E-state index is 0.0674. The molecule has 0 aliphatic carbocycles. The van der Waals surface area contributed by atoms with Crippen LogP contribution in [-0.4, -0.2) is 20.6 Å². The number of aromatic nitrogens is 2. The second kappa shape index (κ2) is 5.36. The summed E-state index contributed by atoms with van der Waals surface area (Å²) in [5.41, 5.74) is -0.664. The van der Waals surface area contributed by atoms with Gasteiger partial charge >= 0.3 is 12.1 Å². The number of hydrogen-bond acceptors (Lipinski definition) is 2. The average molecular weight is 284 g/mol. The fourth-order valence-corrected chi connectivity index (χ4v) is 1.92. The van der Waals surface area contributed by atoms with E-state index in [4.69, 9.17) is 5.11 Å². The number of carbonyl (C=O) groups is 1. The molecular weight excluding hydrogens is 273 g/mol. The van der Waals surface area contributed by atoms with Crippen LogP contribution in [0.3, 0.4) is 0 Å². The minimum atomic E-state index is -4.44. The van der Waals surface area contributed by atoms with Crippen molar-refractivity contribution in [3.8, 4) is 0 Å². The van der Waals surface area contributed by atoms with Gasteiger partial charge < -0.3 is 9.67 Å². The Bertz CT molecular complexity index is 620. The molecule has 0 amide bonds. The monoisotopic (exact) mass is 284 g/mol. The van der Waals surface area contributed by atoms with Crippen LogP contribution in [-0.2, 0) is 23.9 Å². The number of halogens is 3. The molecular formula is C13H11F3N2O2. The highest BCUT2D eigenvalue weighted by atomic mass is 19.4. The maximum Gasteiger partial charge on any atom is 0.416 e. The standard InChI is InChI=1S/C13H11F3N2O2/c14-13(15,16)10-4-2-1-3-9(10)7-11-17-5-6-18(11)8-12(19)20/h1-6H,7-8H2,(H,19,20). The number of hydrogen-bond donors (Lipinski definition) is 1. The number of rotatable bonds is 4. The summed E-state index contributed by atoms with van der Waals surface area (Å²) in [5, 5.41) is 8.73. The van der Waals surface area contributed by atoms with Crippen molar-refractivity contribution in [2.24, 2.45) is 0 Å². The molecule has 1 N–H and O–H groups in total. The van der Waals surface area contributed by atoms with Crippen molar-refractivity contribution in [1.29, 1.82) is 0 Å². The molecule has 106 valence electrons. The number of nitrogens with zero attached hydrogens (tertiary/aromatic N) is 2. The van der Waals surface area contributed by atoms with Gasteiger partial charge in [-0.25, -0.2) is 4.98 Å². The van der Waals surface area contributed by atoms with E-state index >= 15 is 0 Å². The normalized spacial score (nSPS) is 11.6. The first kappa shape index (κ1) is 14.1. The SMILES string of the molecule is O=C(O)Cn1ccnc1Cc1ccccc1C(F)(F)F. The lowest BCUT2D eigenvalue weighted by Gasteiger charge is -2.12. The summed E-state index contributed by atoms with van der Waals surface area (Å²) in [5.74, 6) is -0.794. The topological polar surface area (TPSA) is 55.1 Å². The molecule has 7 heteroatoms. The van der Waals surface area contributed by atoms with Gasteiger partial charge in [0.25, 0.3) is 0 Å². The van der Waals surface area contributed by atoms with Gasteiger partial charge in [0.2, 0.25) is 0 Å². The largest absolute Gasteiger partial charge is 0.480 e. The molecule has 0 saturated carbocycles. The Balaban J connectivity index is 2.32. The van der Waals surface area contributed by atoms with Crippen molar-refractivity contribution < 1.29 is 23.1 Å². The highest BCUT2D eigenvalue weighted by molar-refractivity contribution is 5.66. The maximum atomic E-state index is 12.9. The Morgan fingerprint density at radius 1 is 1.30 bits per heavy atom. The zero-order chi connectivity index (χ0) is 14.8. The molecule has 1 heterocycles. The Hall–Kier alpha value is -2.31. The van der Waals surface area contributed by atoms with Gasteiger partial charge in [-0.2, -0.15) is 13.2 Å². The van der Waals surface area contributed by atoms with Crippen molar-refractivity contribution >= 4 is 5.97 Å². The zero-order valence-electron chi connectivity index (χ0n) is 10.3. The van der Waals surface area contributed by atoms with Crippen LogP contribution in [0, 0.1) is 0 Å². The van der Waals surface area contributed by atoms with Crippen molar-refractivity contribution in [2.45, 2.75) is 19.1 Å². The van der Waals surface area contributed by atoms with E-state index in [1.165, 1.54) is 35.2 Å². The van der Waals surface area contributed by atoms with E-state index in [0.29, 0.717) is 0 Å². The predicted molar refractivity (Wildman–Crippen MR) is 64.1 cm³/mol. The number of carboxylic acid groups (broad SMARTS) is 1. The third-order valence-electron chi connectivity index (χ3n) is 2.78. The Morgan fingerprint density at radius 3 is 2.65 bits per heavy atom. The van der Waals surface area contributed by atoms with Crippen LogP contribution in [0.5, 0.6) is 0 Å². The lowest BCUT2D eigenvalue weighted by Crippen LogP contribution is -2.14. The van der Waals surface area contributed by atoms with E-state index in [-0.39, 0.29) is 24.4 Å². The van der Waals surface area contributed by atoms with Gasteiger partial charge in [0.05, 0.1) is 5.56 Å². The third kappa shape index (κ3) is 3.17. The van der Waals surface area contributed by atoms with Gasteiger partial charge in [-0.1, -0.05) is 18.2 Å². The molecule has 0 atom stereocenters. The molecule has 1 aromatic carbocycles. The predicted octanol–water partition coefficient (Wildman–Crippen LogP) is 2.58. The summed E-state index contributed by atoms with van der Waals surface area (Å²) < 4.78 is 39.9. The Morgan fingerprint density at radius 2 is 2.00 bits per heavy atom. The van der Waals surface area contributed by atoms with Gasteiger partial charge in [0.1, 0.15) is 12.4 Å². The Kier molecular flexibility index (Phi) is 3.78. The highest BCUT2D eigenvalue weighted by Gasteiger charge is 2.33. The average Bonchev–Trinajstić information content (AvgIpc) is 2.75. The first-order valence-corrected chi connectivity index (χ1v) is 5.75. The van der Waals surface area contributed by atoms with Crippen molar-refractivity contribution in [3.05, 3.63) is 53.6 Å². The summed E-state index contributed by atoms with van der Waals surface area (Å²) in [6.07, 6.45) is -1.72. The molecule has 2 rings (SSSR count).